The van der Waals surface area contributed by atoms with Gasteiger partial charge in [-0.05, 0) is 38.8 Å². The SMILES string of the molecule is CCCCOC(C)OC(=O)c1ccccc1C(=O)OC(C)OCCCC. The molecule has 0 aromatic heterocycles. The van der Waals surface area contributed by atoms with Crippen LogP contribution in [0.1, 0.15) is 74.1 Å². The third-order valence-corrected chi connectivity index (χ3v) is 3.61. The highest BCUT2D eigenvalue weighted by molar-refractivity contribution is 6.03. The summed E-state index contributed by atoms with van der Waals surface area (Å²) < 4.78 is 21.3. The van der Waals surface area contributed by atoms with E-state index in [1.54, 1.807) is 26.0 Å². The Labute approximate surface area is 155 Å². The molecule has 26 heavy (non-hydrogen) atoms. The first-order valence-corrected chi connectivity index (χ1v) is 9.23. The average Bonchev–Trinajstić information content (AvgIpc) is 2.62. The normalized spacial score (nSPS) is 13.1. The van der Waals surface area contributed by atoms with Gasteiger partial charge in [-0.3, -0.25) is 0 Å². The second-order valence-electron chi connectivity index (χ2n) is 5.94. The number of carbonyl (C=O) groups is 2. The Bertz CT molecular complexity index is 508. The molecular formula is C20H30O6. The maximum Gasteiger partial charge on any atom is 0.341 e. The summed E-state index contributed by atoms with van der Waals surface area (Å²) in [5.74, 6) is -1.25. The van der Waals surface area contributed by atoms with E-state index in [4.69, 9.17) is 18.9 Å². The van der Waals surface area contributed by atoms with Crippen molar-refractivity contribution in [3.8, 4) is 0 Å². The van der Waals surface area contributed by atoms with Crippen molar-refractivity contribution in [2.75, 3.05) is 13.2 Å². The largest absolute Gasteiger partial charge is 0.432 e. The molecule has 1 aromatic carbocycles. The fourth-order valence-electron chi connectivity index (χ4n) is 2.12. The van der Waals surface area contributed by atoms with Crippen molar-refractivity contribution in [1.29, 1.82) is 0 Å². The van der Waals surface area contributed by atoms with E-state index in [1.807, 2.05) is 0 Å². The van der Waals surface area contributed by atoms with Gasteiger partial charge in [-0.1, -0.05) is 38.8 Å². The molecule has 1 aromatic rings. The fourth-order valence-corrected chi connectivity index (χ4v) is 2.12. The Morgan fingerprint density at radius 2 is 1.19 bits per heavy atom. The van der Waals surface area contributed by atoms with E-state index in [-0.39, 0.29) is 11.1 Å². The minimum atomic E-state index is -0.686. The molecule has 0 radical (unpaired) electrons. The van der Waals surface area contributed by atoms with Crippen LogP contribution in [0, 0.1) is 0 Å². The minimum absolute atomic E-state index is 0.143. The lowest BCUT2D eigenvalue weighted by Gasteiger charge is -2.17. The van der Waals surface area contributed by atoms with Gasteiger partial charge in [-0.2, -0.15) is 0 Å². The summed E-state index contributed by atoms with van der Waals surface area (Å²) in [5.41, 5.74) is 0.286. The molecule has 0 amide bonds. The molecule has 2 unspecified atom stereocenters. The second kappa shape index (κ2) is 12.4. The number of ether oxygens (including phenoxy) is 4. The van der Waals surface area contributed by atoms with Crippen LogP contribution in [0.2, 0.25) is 0 Å². The summed E-state index contributed by atoms with van der Waals surface area (Å²) in [6.07, 6.45) is 2.40. The topological polar surface area (TPSA) is 71.1 Å². The van der Waals surface area contributed by atoms with Crippen molar-refractivity contribution in [3.63, 3.8) is 0 Å². The molecule has 2 atom stereocenters. The third-order valence-electron chi connectivity index (χ3n) is 3.61. The molecule has 6 nitrogen and oxygen atoms in total. The summed E-state index contributed by atoms with van der Waals surface area (Å²) in [5, 5.41) is 0. The standard InChI is InChI=1S/C20H30O6/c1-5-7-13-23-15(3)25-19(21)17-11-9-10-12-18(17)20(22)26-16(4)24-14-8-6-2/h9-12,15-16H,5-8,13-14H2,1-4H3. The molecule has 0 spiro atoms. The Morgan fingerprint density at radius 3 is 1.54 bits per heavy atom. The van der Waals surface area contributed by atoms with E-state index in [0.717, 1.165) is 25.7 Å². The molecule has 1 rings (SSSR count). The summed E-state index contributed by atoms with van der Waals surface area (Å²) in [4.78, 5) is 24.7. The highest BCUT2D eigenvalue weighted by Gasteiger charge is 2.22. The van der Waals surface area contributed by atoms with Gasteiger partial charge in [0.2, 0.25) is 0 Å². The van der Waals surface area contributed by atoms with Gasteiger partial charge in [0.15, 0.2) is 12.6 Å². The molecule has 0 aliphatic heterocycles. The summed E-state index contributed by atoms with van der Waals surface area (Å²) in [6, 6.07) is 6.38. The highest BCUT2D eigenvalue weighted by Crippen LogP contribution is 2.15. The lowest BCUT2D eigenvalue weighted by molar-refractivity contribution is -0.101. The molecular weight excluding hydrogens is 336 g/mol. The van der Waals surface area contributed by atoms with Crippen LogP contribution in [-0.2, 0) is 18.9 Å². The van der Waals surface area contributed by atoms with Crippen molar-refractivity contribution in [2.45, 2.75) is 66.0 Å². The van der Waals surface area contributed by atoms with Crippen LogP contribution in [-0.4, -0.2) is 37.7 Å². The molecule has 0 aliphatic rings. The molecule has 0 saturated carbocycles. The van der Waals surface area contributed by atoms with E-state index in [9.17, 15) is 9.59 Å². The molecule has 0 fully saturated rings. The van der Waals surface area contributed by atoms with E-state index in [2.05, 4.69) is 13.8 Å². The number of rotatable bonds is 12. The maximum absolute atomic E-state index is 12.4. The predicted octanol–water partition coefficient (Wildman–Crippen LogP) is 4.33. The van der Waals surface area contributed by atoms with Gasteiger partial charge >= 0.3 is 11.9 Å². The Morgan fingerprint density at radius 1 is 0.808 bits per heavy atom. The van der Waals surface area contributed by atoms with Crippen LogP contribution in [0.25, 0.3) is 0 Å². The number of unbranched alkanes of at least 4 members (excludes halogenated alkanes) is 2. The van der Waals surface area contributed by atoms with Gasteiger partial charge in [-0.25, -0.2) is 9.59 Å². The van der Waals surface area contributed by atoms with Crippen molar-refractivity contribution in [2.24, 2.45) is 0 Å². The van der Waals surface area contributed by atoms with Gasteiger partial charge in [0, 0.05) is 0 Å². The Hall–Kier alpha value is -1.92. The zero-order valence-electron chi connectivity index (χ0n) is 16.2. The average molecular weight is 366 g/mol. The van der Waals surface area contributed by atoms with E-state index in [0.29, 0.717) is 13.2 Å². The first-order chi connectivity index (χ1) is 12.5. The molecule has 146 valence electrons. The lowest BCUT2D eigenvalue weighted by Crippen LogP contribution is -2.23. The van der Waals surface area contributed by atoms with Gasteiger partial charge in [0.05, 0.1) is 24.3 Å². The number of benzene rings is 1. The Balaban J connectivity index is 2.67. The first kappa shape index (κ1) is 22.1. The number of hydrogen-bond donors (Lipinski definition) is 0. The zero-order valence-corrected chi connectivity index (χ0v) is 16.2. The third kappa shape index (κ3) is 7.97. The number of esters is 2. The van der Waals surface area contributed by atoms with Crippen LogP contribution in [0.4, 0.5) is 0 Å². The molecule has 0 N–H and O–H groups in total. The monoisotopic (exact) mass is 366 g/mol. The predicted molar refractivity (Wildman–Crippen MR) is 97.9 cm³/mol. The van der Waals surface area contributed by atoms with Crippen LogP contribution in [0.15, 0.2) is 24.3 Å². The van der Waals surface area contributed by atoms with Gasteiger partial charge in [0.25, 0.3) is 0 Å². The van der Waals surface area contributed by atoms with Crippen LogP contribution in [0.3, 0.4) is 0 Å². The van der Waals surface area contributed by atoms with Crippen LogP contribution < -0.4 is 0 Å². The first-order valence-electron chi connectivity index (χ1n) is 9.23. The lowest BCUT2D eigenvalue weighted by atomic mass is 10.1. The number of carbonyl (C=O) groups excluding carboxylic acids is 2. The molecule has 0 saturated heterocycles. The molecule has 0 heterocycles. The van der Waals surface area contributed by atoms with E-state index >= 15 is 0 Å². The van der Waals surface area contributed by atoms with Crippen molar-refractivity contribution in [1.82, 2.24) is 0 Å². The quantitative estimate of drug-likeness (QED) is 0.312. The summed E-state index contributed by atoms with van der Waals surface area (Å²) in [6.45, 7) is 8.43. The second-order valence-corrected chi connectivity index (χ2v) is 5.94. The minimum Gasteiger partial charge on any atom is -0.432 e. The van der Waals surface area contributed by atoms with Gasteiger partial charge in [0.1, 0.15) is 0 Å². The summed E-state index contributed by atoms with van der Waals surface area (Å²) in [7, 11) is 0. The zero-order chi connectivity index (χ0) is 19.4. The smallest absolute Gasteiger partial charge is 0.341 e. The Kier molecular flexibility index (Phi) is 10.6. The van der Waals surface area contributed by atoms with Crippen molar-refractivity contribution in [3.05, 3.63) is 35.4 Å². The number of hydrogen-bond acceptors (Lipinski definition) is 6. The van der Waals surface area contributed by atoms with Crippen LogP contribution in [0.5, 0.6) is 0 Å². The summed E-state index contributed by atoms with van der Waals surface area (Å²) >= 11 is 0. The molecule has 0 aliphatic carbocycles. The molecule has 6 heteroatoms. The van der Waals surface area contributed by atoms with Crippen LogP contribution >= 0.6 is 0 Å². The van der Waals surface area contributed by atoms with E-state index < -0.39 is 24.5 Å². The van der Waals surface area contributed by atoms with Gasteiger partial charge < -0.3 is 18.9 Å². The van der Waals surface area contributed by atoms with Gasteiger partial charge in [-0.15, -0.1) is 0 Å². The van der Waals surface area contributed by atoms with Crippen molar-refractivity contribution >= 4 is 11.9 Å². The van der Waals surface area contributed by atoms with Crippen molar-refractivity contribution < 1.29 is 28.5 Å². The maximum atomic E-state index is 12.4. The molecule has 0 bridgehead atoms. The highest BCUT2D eigenvalue weighted by atomic mass is 16.7. The van der Waals surface area contributed by atoms with E-state index in [1.165, 1.54) is 12.1 Å². The fraction of sp³-hybridized carbons (Fsp3) is 0.600.